The molecule has 0 aliphatic heterocycles. The minimum atomic E-state index is -0.774. The Hall–Kier alpha value is -4.44. The fraction of sp³-hybridized carbons (Fsp3) is 0.214. The molecule has 0 saturated carbocycles. The first-order valence-corrected chi connectivity index (χ1v) is 12.6. The number of nitrogens with one attached hydrogen (secondary N) is 1. The van der Waals surface area contributed by atoms with Crippen molar-refractivity contribution in [2.75, 3.05) is 25.1 Å². The monoisotopic (exact) mass is 535 g/mol. The number of thiophene rings is 1. The Labute approximate surface area is 221 Å². The molecule has 38 heavy (non-hydrogen) atoms. The first-order chi connectivity index (χ1) is 18.3. The van der Waals surface area contributed by atoms with Crippen LogP contribution in [-0.2, 0) is 19.1 Å². The van der Waals surface area contributed by atoms with E-state index in [0.717, 1.165) is 21.4 Å². The van der Waals surface area contributed by atoms with Gasteiger partial charge in [-0.2, -0.15) is 0 Å². The Morgan fingerprint density at radius 3 is 2.47 bits per heavy atom. The summed E-state index contributed by atoms with van der Waals surface area (Å²) in [6, 6.07) is 15.7. The molecule has 4 rings (SSSR count). The maximum absolute atomic E-state index is 12.6. The van der Waals surface area contributed by atoms with E-state index in [1.807, 2.05) is 30.3 Å². The summed E-state index contributed by atoms with van der Waals surface area (Å²) in [6.45, 7) is 4.43. The zero-order valence-electron chi connectivity index (χ0n) is 21.0. The van der Waals surface area contributed by atoms with E-state index >= 15 is 0 Å². The van der Waals surface area contributed by atoms with Gasteiger partial charge in [0.1, 0.15) is 16.3 Å². The smallest absolute Gasteiger partial charge is 0.344 e. The normalized spacial score (nSPS) is 10.7. The van der Waals surface area contributed by atoms with Gasteiger partial charge in [-0.05, 0) is 49.6 Å². The molecular weight excluding hydrogens is 510 g/mol. The molecular formula is C28H25NO8S. The number of aryl methyl sites for hydroxylation is 1. The number of ether oxygens (including phenoxy) is 3. The number of amides is 1. The zero-order chi connectivity index (χ0) is 27.2. The molecule has 0 radical (unpaired) electrons. The van der Waals surface area contributed by atoms with Crippen molar-refractivity contribution in [3.05, 3.63) is 81.7 Å². The highest BCUT2D eigenvalue weighted by Crippen LogP contribution is 2.40. The number of rotatable bonds is 9. The molecule has 0 aliphatic rings. The number of carbonyl (C=O) groups excluding carboxylic acids is 3. The molecule has 196 valence electrons. The number of hydrogen-bond acceptors (Lipinski definition) is 9. The van der Waals surface area contributed by atoms with E-state index in [2.05, 4.69) is 5.32 Å². The number of anilines is 1. The summed E-state index contributed by atoms with van der Waals surface area (Å²) in [4.78, 5) is 49.8. The van der Waals surface area contributed by atoms with E-state index in [4.69, 9.17) is 18.6 Å². The lowest BCUT2D eigenvalue weighted by Gasteiger charge is -2.09. The summed E-state index contributed by atoms with van der Waals surface area (Å²) in [6.07, 6.45) is 0. The highest BCUT2D eigenvalue weighted by Gasteiger charge is 2.24. The van der Waals surface area contributed by atoms with Crippen molar-refractivity contribution in [3.8, 4) is 16.2 Å². The fourth-order valence-electron chi connectivity index (χ4n) is 3.80. The largest absolute Gasteiger partial charge is 0.482 e. The van der Waals surface area contributed by atoms with Gasteiger partial charge in [0.15, 0.2) is 13.2 Å². The molecule has 10 heteroatoms. The van der Waals surface area contributed by atoms with Crippen LogP contribution in [-0.4, -0.2) is 37.7 Å². The van der Waals surface area contributed by atoms with Crippen LogP contribution in [0.3, 0.4) is 0 Å². The second-order valence-electron chi connectivity index (χ2n) is 8.25. The lowest BCUT2D eigenvalue weighted by atomic mass is 10.1. The SMILES string of the molecule is CCOC(=O)c1c(NC(=O)COC(=O)COc2ccc3c(C)cc(=O)oc3c2)sc(-c2ccccc2)c1C. The van der Waals surface area contributed by atoms with Crippen LogP contribution in [0.4, 0.5) is 5.00 Å². The van der Waals surface area contributed by atoms with E-state index in [-0.39, 0.29) is 12.2 Å². The van der Waals surface area contributed by atoms with E-state index in [1.165, 1.54) is 23.5 Å². The van der Waals surface area contributed by atoms with Gasteiger partial charge < -0.3 is 23.9 Å². The Kier molecular flexibility index (Phi) is 8.22. The first-order valence-electron chi connectivity index (χ1n) is 11.8. The topological polar surface area (TPSA) is 121 Å². The summed E-state index contributed by atoms with van der Waals surface area (Å²) in [5.41, 5.74) is 2.45. The van der Waals surface area contributed by atoms with E-state index in [1.54, 1.807) is 32.9 Å². The molecule has 9 nitrogen and oxygen atoms in total. The van der Waals surface area contributed by atoms with Crippen molar-refractivity contribution in [3.63, 3.8) is 0 Å². The summed E-state index contributed by atoms with van der Waals surface area (Å²) < 4.78 is 20.8. The third-order valence-corrected chi connectivity index (χ3v) is 6.82. The van der Waals surface area contributed by atoms with Crippen LogP contribution in [0.15, 0.2) is 63.8 Å². The molecule has 1 N–H and O–H groups in total. The number of benzene rings is 2. The van der Waals surface area contributed by atoms with Gasteiger partial charge in [-0.25, -0.2) is 14.4 Å². The summed E-state index contributed by atoms with van der Waals surface area (Å²) in [5, 5.41) is 3.72. The van der Waals surface area contributed by atoms with Crippen LogP contribution >= 0.6 is 11.3 Å². The van der Waals surface area contributed by atoms with Crippen molar-refractivity contribution in [2.24, 2.45) is 0 Å². The molecule has 0 fully saturated rings. The summed E-state index contributed by atoms with van der Waals surface area (Å²) in [7, 11) is 0. The Bertz CT molecular complexity index is 1550. The van der Waals surface area contributed by atoms with Crippen molar-refractivity contribution in [1.82, 2.24) is 0 Å². The molecule has 0 unspecified atom stereocenters. The number of carbonyl (C=O) groups is 3. The van der Waals surface area contributed by atoms with E-state index in [0.29, 0.717) is 21.9 Å². The maximum Gasteiger partial charge on any atom is 0.344 e. The van der Waals surface area contributed by atoms with Gasteiger partial charge in [-0.1, -0.05) is 30.3 Å². The average molecular weight is 536 g/mol. The summed E-state index contributed by atoms with van der Waals surface area (Å²) in [5.74, 6) is -1.64. The number of esters is 2. The average Bonchev–Trinajstić information content (AvgIpc) is 3.21. The fourth-order valence-corrected chi connectivity index (χ4v) is 5.02. The van der Waals surface area contributed by atoms with Gasteiger partial charge in [-0.3, -0.25) is 4.79 Å². The van der Waals surface area contributed by atoms with E-state index in [9.17, 15) is 19.2 Å². The lowest BCUT2D eigenvalue weighted by Crippen LogP contribution is -2.24. The highest BCUT2D eigenvalue weighted by molar-refractivity contribution is 7.20. The molecule has 0 aliphatic carbocycles. The summed E-state index contributed by atoms with van der Waals surface area (Å²) >= 11 is 1.24. The van der Waals surface area contributed by atoms with Crippen LogP contribution in [0.25, 0.3) is 21.4 Å². The number of fused-ring (bicyclic) bond motifs is 1. The third-order valence-electron chi connectivity index (χ3n) is 5.56. The van der Waals surface area contributed by atoms with Crippen LogP contribution < -0.4 is 15.7 Å². The third kappa shape index (κ3) is 6.09. The molecule has 2 aromatic heterocycles. The second kappa shape index (κ2) is 11.7. The number of hydrogen-bond donors (Lipinski definition) is 1. The zero-order valence-corrected chi connectivity index (χ0v) is 21.8. The predicted octanol–water partition coefficient (Wildman–Crippen LogP) is 4.88. The van der Waals surface area contributed by atoms with Crippen LogP contribution in [0.1, 0.15) is 28.4 Å². The highest BCUT2D eigenvalue weighted by atomic mass is 32.1. The molecule has 0 bridgehead atoms. The quantitative estimate of drug-likeness (QED) is 0.238. The van der Waals surface area contributed by atoms with Crippen LogP contribution in [0.5, 0.6) is 5.75 Å². The first kappa shape index (κ1) is 26.6. The molecule has 2 heterocycles. The van der Waals surface area contributed by atoms with Gasteiger partial charge in [0.05, 0.1) is 12.2 Å². The minimum Gasteiger partial charge on any atom is -0.482 e. The van der Waals surface area contributed by atoms with Crippen molar-refractivity contribution < 1.29 is 33.0 Å². The predicted molar refractivity (Wildman–Crippen MR) is 143 cm³/mol. The molecule has 0 atom stereocenters. The lowest BCUT2D eigenvalue weighted by molar-refractivity contribution is -0.149. The second-order valence-corrected chi connectivity index (χ2v) is 9.27. The van der Waals surface area contributed by atoms with Gasteiger partial charge in [0, 0.05) is 22.4 Å². The van der Waals surface area contributed by atoms with Gasteiger partial charge in [0.2, 0.25) is 0 Å². The molecule has 4 aromatic rings. The van der Waals surface area contributed by atoms with Gasteiger partial charge in [0.25, 0.3) is 5.91 Å². The molecule has 0 spiro atoms. The van der Waals surface area contributed by atoms with Crippen molar-refractivity contribution in [2.45, 2.75) is 20.8 Å². The van der Waals surface area contributed by atoms with Crippen LogP contribution in [0.2, 0.25) is 0 Å². The minimum absolute atomic E-state index is 0.183. The van der Waals surface area contributed by atoms with E-state index < -0.39 is 36.7 Å². The van der Waals surface area contributed by atoms with Crippen molar-refractivity contribution >= 4 is 45.2 Å². The molecule has 2 aromatic carbocycles. The molecule has 1 amide bonds. The standard InChI is InChI=1S/C28H25NO8S/c1-4-34-28(33)25-17(3)26(18-8-6-5-7-9-18)38-27(25)29-22(30)14-36-24(32)15-35-19-10-11-20-16(2)12-23(31)37-21(20)13-19/h5-13H,4,14-15H2,1-3H3,(H,29,30). The maximum atomic E-state index is 12.6. The van der Waals surface area contributed by atoms with Crippen molar-refractivity contribution in [1.29, 1.82) is 0 Å². The van der Waals surface area contributed by atoms with Crippen LogP contribution in [0, 0.1) is 13.8 Å². The van der Waals surface area contributed by atoms with Gasteiger partial charge >= 0.3 is 17.6 Å². The Balaban J connectivity index is 1.38. The van der Waals surface area contributed by atoms with Gasteiger partial charge in [-0.15, -0.1) is 11.3 Å². The Morgan fingerprint density at radius 1 is 0.974 bits per heavy atom. The Morgan fingerprint density at radius 2 is 1.74 bits per heavy atom. The molecule has 0 saturated heterocycles.